The molecule has 1 aromatic carbocycles. The lowest BCUT2D eigenvalue weighted by Gasteiger charge is -2.31. The summed E-state index contributed by atoms with van der Waals surface area (Å²) in [5.74, 6) is -0.811. The summed E-state index contributed by atoms with van der Waals surface area (Å²) in [5.41, 5.74) is 0. The van der Waals surface area contributed by atoms with E-state index in [1.54, 1.807) is 31.2 Å². The predicted octanol–water partition coefficient (Wildman–Crippen LogP) is 0.701. The van der Waals surface area contributed by atoms with Gasteiger partial charge in [0.05, 0.1) is 0 Å². The predicted molar refractivity (Wildman–Crippen MR) is 74.0 cm³/mol. The lowest BCUT2D eigenvalue weighted by atomic mass is 10.2. The second-order valence-corrected chi connectivity index (χ2v) is 5.27. The number of hydrogen-bond acceptors (Lipinski definition) is 4. The summed E-state index contributed by atoms with van der Waals surface area (Å²) >= 11 is 3.30. The highest BCUT2D eigenvalue weighted by Gasteiger charge is 2.33. The summed E-state index contributed by atoms with van der Waals surface area (Å²) in [6.07, 6.45) is 0. The molecule has 0 aliphatic carbocycles. The maximum absolute atomic E-state index is 12.0. The van der Waals surface area contributed by atoms with Crippen LogP contribution in [0.1, 0.15) is 6.92 Å². The van der Waals surface area contributed by atoms with Crippen LogP contribution in [0.25, 0.3) is 0 Å². The molecule has 0 saturated carbocycles. The van der Waals surface area contributed by atoms with Crippen molar-refractivity contribution in [3.63, 3.8) is 0 Å². The SMILES string of the molecule is CC1C(=O)NC(=O)CN1C(=O)COc1ccc(Br)cc1. The number of piperazine rings is 1. The Kier molecular flexibility index (Phi) is 4.39. The molecule has 1 unspecified atom stereocenters. The molecule has 0 spiro atoms. The van der Waals surface area contributed by atoms with Crippen LogP contribution >= 0.6 is 15.9 Å². The van der Waals surface area contributed by atoms with E-state index in [0.717, 1.165) is 4.47 Å². The summed E-state index contributed by atoms with van der Waals surface area (Å²) < 4.78 is 6.25. The molecule has 1 fully saturated rings. The molecule has 0 aromatic heterocycles. The molecule has 1 aromatic rings. The summed E-state index contributed by atoms with van der Waals surface area (Å²) in [7, 11) is 0. The number of amides is 3. The zero-order valence-electron chi connectivity index (χ0n) is 10.8. The van der Waals surface area contributed by atoms with Crippen molar-refractivity contribution in [2.24, 2.45) is 0 Å². The van der Waals surface area contributed by atoms with Gasteiger partial charge in [0.2, 0.25) is 11.8 Å². The lowest BCUT2D eigenvalue weighted by Crippen LogP contribution is -2.59. The largest absolute Gasteiger partial charge is 0.484 e. The molecule has 0 radical (unpaired) electrons. The van der Waals surface area contributed by atoms with Gasteiger partial charge in [-0.05, 0) is 31.2 Å². The molecule has 20 heavy (non-hydrogen) atoms. The highest BCUT2D eigenvalue weighted by atomic mass is 79.9. The minimum atomic E-state index is -0.672. The van der Waals surface area contributed by atoms with Gasteiger partial charge in [-0.15, -0.1) is 0 Å². The second-order valence-electron chi connectivity index (χ2n) is 4.35. The van der Waals surface area contributed by atoms with Gasteiger partial charge >= 0.3 is 0 Å². The Morgan fingerprint density at radius 1 is 1.40 bits per heavy atom. The first-order chi connectivity index (χ1) is 9.47. The summed E-state index contributed by atoms with van der Waals surface area (Å²) in [6.45, 7) is 1.22. The van der Waals surface area contributed by atoms with Crippen molar-refractivity contribution in [3.05, 3.63) is 28.7 Å². The van der Waals surface area contributed by atoms with Gasteiger partial charge in [-0.3, -0.25) is 19.7 Å². The van der Waals surface area contributed by atoms with E-state index in [-0.39, 0.29) is 13.2 Å². The van der Waals surface area contributed by atoms with Gasteiger partial charge in [0.1, 0.15) is 18.3 Å². The molecule has 1 heterocycles. The molecule has 1 aliphatic rings. The Morgan fingerprint density at radius 2 is 2.05 bits per heavy atom. The Bertz CT molecular complexity index is 544. The number of imide groups is 1. The van der Waals surface area contributed by atoms with E-state index in [9.17, 15) is 14.4 Å². The molecule has 1 N–H and O–H groups in total. The van der Waals surface area contributed by atoms with Crippen molar-refractivity contribution >= 4 is 33.7 Å². The summed E-state index contributed by atoms with van der Waals surface area (Å²) in [4.78, 5) is 35.9. The molecular weight excluding hydrogens is 328 g/mol. The van der Waals surface area contributed by atoms with Crippen LogP contribution in [0.3, 0.4) is 0 Å². The van der Waals surface area contributed by atoms with E-state index in [0.29, 0.717) is 5.75 Å². The number of benzene rings is 1. The van der Waals surface area contributed by atoms with Gasteiger partial charge in [-0.2, -0.15) is 0 Å². The number of carbonyl (C=O) groups excluding carboxylic acids is 3. The number of rotatable bonds is 3. The minimum absolute atomic E-state index is 0.130. The van der Waals surface area contributed by atoms with E-state index < -0.39 is 23.8 Å². The highest BCUT2D eigenvalue weighted by molar-refractivity contribution is 9.10. The molecule has 0 bridgehead atoms. The van der Waals surface area contributed by atoms with Crippen molar-refractivity contribution in [3.8, 4) is 5.75 Å². The monoisotopic (exact) mass is 340 g/mol. The Labute approximate surface area is 124 Å². The lowest BCUT2D eigenvalue weighted by molar-refractivity contribution is -0.150. The number of carbonyl (C=O) groups is 3. The number of halogens is 1. The fourth-order valence-electron chi connectivity index (χ4n) is 1.78. The number of hydrogen-bond donors (Lipinski definition) is 1. The zero-order chi connectivity index (χ0) is 14.7. The molecule has 7 heteroatoms. The zero-order valence-corrected chi connectivity index (χ0v) is 12.3. The van der Waals surface area contributed by atoms with Crippen molar-refractivity contribution in [2.75, 3.05) is 13.2 Å². The van der Waals surface area contributed by atoms with E-state index in [1.807, 2.05) is 0 Å². The normalized spacial score (nSPS) is 18.7. The van der Waals surface area contributed by atoms with Crippen molar-refractivity contribution in [2.45, 2.75) is 13.0 Å². The van der Waals surface area contributed by atoms with Gasteiger partial charge < -0.3 is 9.64 Å². The standard InChI is InChI=1S/C13H13BrN2O4/c1-8-13(19)15-11(17)6-16(8)12(18)7-20-10-4-2-9(14)3-5-10/h2-5,8H,6-7H2,1H3,(H,15,17,19). The fourth-order valence-corrected chi connectivity index (χ4v) is 2.04. The Morgan fingerprint density at radius 3 is 2.70 bits per heavy atom. The smallest absolute Gasteiger partial charge is 0.261 e. The maximum Gasteiger partial charge on any atom is 0.261 e. The number of ether oxygens (including phenoxy) is 1. The Hall–Kier alpha value is -1.89. The fraction of sp³-hybridized carbons (Fsp3) is 0.308. The average molecular weight is 341 g/mol. The molecule has 106 valence electrons. The van der Waals surface area contributed by atoms with Gasteiger partial charge in [0.25, 0.3) is 5.91 Å². The average Bonchev–Trinajstić information content (AvgIpc) is 2.42. The summed E-state index contributed by atoms with van der Waals surface area (Å²) in [5, 5.41) is 2.18. The van der Waals surface area contributed by atoms with E-state index in [4.69, 9.17) is 4.74 Å². The molecule has 1 saturated heterocycles. The van der Waals surface area contributed by atoms with Crippen LogP contribution in [-0.4, -0.2) is 41.8 Å². The molecule has 1 aliphatic heterocycles. The quantitative estimate of drug-likeness (QED) is 0.822. The van der Waals surface area contributed by atoms with Crippen molar-refractivity contribution in [1.82, 2.24) is 10.2 Å². The van der Waals surface area contributed by atoms with Crippen LogP contribution in [0.15, 0.2) is 28.7 Å². The van der Waals surface area contributed by atoms with Crippen LogP contribution in [0.4, 0.5) is 0 Å². The molecular formula is C13H13BrN2O4. The first kappa shape index (κ1) is 14.5. The van der Waals surface area contributed by atoms with Gasteiger partial charge in [0, 0.05) is 4.47 Å². The van der Waals surface area contributed by atoms with Crippen molar-refractivity contribution < 1.29 is 19.1 Å². The summed E-state index contributed by atoms with van der Waals surface area (Å²) in [6, 6.07) is 6.35. The molecule has 1 atom stereocenters. The molecule has 6 nitrogen and oxygen atoms in total. The van der Waals surface area contributed by atoms with E-state index in [2.05, 4.69) is 21.2 Å². The molecule has 2 rings (SSSR count). The van der Waals surface area contributed by atoms with Crippen LogP contribution in [0, 0.1) is 0 Å². The van der Waals surface area contributed by atoms with E-state index >= 15 is 0 Å². The van der Waals surface area contributed by atoms with Crippen LogP contribution < -0.4 is 10.1 Å². The third-order valence-electron chi connectivity index (χ3n) is 2.92. The van der Waals surface area contributed by atoms with Crippen LogP contribution in [0.5, 0.6) is 5.75 Å². The third kappa shape index (κ3) is 3.36. The first-order valence-corrected chi connectivity index (χ1v) is 6.78. The van der Waals surface area contributed by atoms with Crippen LogP contribution in [-0.2, 0) is 14.4 Å². The van der Waals surface area contributed by atoms with Gasteiger partial charge in [0.15, 0.2) is 6.61 Å². The topological polar surface area (TPSA) is 75.7 Å². The minimum Gasteiger partial charge on any atom is -0.484 e. The van der Waals surface area contributed by atoms with E-state index in [1.165, 1.54) is 4.90 Å². The third-order valence-corrected chi connectivity index (χ3v) is 3.45. The van der Waals surface area contributed by atoms with Gasteiger partial charge in [-0.25, -0.2) is 0 Å². The van der Waals surface area contributed by atoms with Gasteiger partial charge in [-0.1, -0.05) is 15.9 Å². The van der Waals surface area contributed by atoms with Crippen molar-refractivity contribution in [1.29, 1.82) is 0 Å². The number of nitrogens with one attached hydrogen (secondary N) is 1. The Balaban J connectivity index is 1.95. The first-order valence-electron chi connectivity index (χ1n) is 5.99. The molecule has 3 amide bonds. The maximum atomic E-state index is 12.0. The second kappa shape index (κ2) is 6.04. The highest BCUT2D eigenvalue weighted by Crippen LogP contribution is 2.16. The number of nitrogens with zero attached hydrogens (tertiary/aromatic N) is 1. The van der Waals surface area contributed by atoms with Crippen LogP contribution in [0.2, 0.25) is 0 Å².